The van der Waals surface area contributed by atoms with Gasteiger partial charge in [0.25, 0.3) is 11.1 Å². The molecule has 1 heterocycles. The normalized spacial score (nSPS) is 16.1. The van der Waals surface area contributed by atoms with Crippen LogP contribution in [0.4, 0.5) is 4.79 Å². The van der Waals surface area contributed by atoms with E-state index in [1.807, 2.05) is 13.8 Å². The zero-order valence-corrected chi connectivity index (χ0v) is 17.6. The van der Waals surface area contributed by atoms with Gasteiger partial charge in [0.2, 0.25) is 0 Å². The summed E-state index contributed by atoms with van der Waals surface area (Å²) in [5.41, 5.74) is 0.673. The standard InChI is InChI=1S/C21H25NO6S/c1-5-10-27-16-9-8-15(11-17(16)26-7-3)12-18-20(24)22(21(25)29-18)13-19(23)28-14(4)6-2/h5,8-9,11-12,14H,1,6-7,10,13H2,2-4H3/b18-12+/t14-/m0/s1. The second kappa shape index (κ2) is 10.7. The zero-order chi connectivity index (χ0) is 21.4. The van der Waals surface area contributed by atoms with Gasteiger partial charge in [0.05, 0.1) is 17.6 Å². The fourth-order valence-electron chi connectivity index (χ4n) is 2.41. The first-order valence-corrected chi connectivity index (χ1v) is 10.2. The number of hydrogen-bond acceptors (Lipinski definition) is 7. The Balaban J connectivity index is 2.16. The molecule has 29 heavy (non-hydrogen) atoms. The van der Waals surface area contributed by atoms with E-state index in [1.54, 1.807) is 37.3 Å². The van der Waals surface area contributed by atoms with Crippen LogP contribution >= 0.6 is 11.8 Å². The molecule has 1 saturated heterocycles. The predicted octanol–water partition coefficient (Wildman–Crippen LogP) is 4.03. The molecule has 1 atom stereocenters. The van der Waals surface area contributed by atoms with Gasteiger partial charge in [-0.25, -0.2) is 0 Å². The SMILES string of the molecule is C=CCOc1ccc(/C=C2/SC(=O)N(CC(=O)O[C@@H](C)CC)C2=O)cc1OCC. The average molecular weight is 419 g/mol. The Bertz CT molecular complexity index is 819. The first kappa shape index (κ1) is 22.5. The van der Waals surface area contributed by atoms with Gasteiger partial charge < -0.3 is 14.2 Å². The highest BCUT2D eigenvalue weighted by molar-refractivity contribution is 8.18. The van der Waals surface area contributed by atoms with Crippen LogP contribution in [0, 0.1) is 0 Å². The van der Waals surface area contributed by atoms with Crippen molar-refractivity contribution in [2.45, 2.75) is 33.3 Å². The molecule has 0 aromatic heterocycles. The van der Waals surface area contributed by atoms with Crippen molar-refractivity contribution < 1.29 is 28.6 Å². The molecular weight excluding hydrogens is 394 g/mol. The van der Waals surface area contributed by atoms with E-state index < -0.39 is 23.7 Å². The van der Waals surface area contributed by atoms with Crippen LogP contribution in [-0.2, 0) is 14.3 Å². The van der Waals surface area contributed by atoms with Crippen LogP contribution in [0.1, 0.15) is 32.8 Å². The first-order chi connectivity index (χ1) is 13.9. The van der Waals surface area contributed by atoms with Gasteiger partial charge in [0, 0.05) is 0 Å². The number of benzene rings is 1. The molecule has 0 aliphatic carbocycles. The summed E-state index contributed by atoms with van der Waals surface area (Å²) >= 11 is 0.786. The summed E-state index contributed by atoms with van der Waals surface area (Å²) in [6.07, 6.45) is 3.61. The van der Waals surface area contributed by atoms with Gasteiger partial charge in [-0.1, -0.05) is 25.6 Å². The van der Waals surface area contributed by atoms with Crippen molar-refractivity contribution in [2.75, 3.05) is 19.8 Å². The van der Waals surface area contributed by atoms with Gasteiger partial charge in [-0.05, 0) is 55.8 Å². The van der Waals surface area contributed by atoms with Gasteiger partial charge in [0.1, 0.15) is 13.2 Å². The predicted molar refractivity (Wildman–Crippen MR) is 112 cm³/mol. The third kappa shape index (κ3) is 6.12. The Kier molecular flexibility index (Phi) is 8.33. The van der Waals surface area contributed by atoms with E-state index in [0.29, 0.717) is 36.7 Å². The molecule has 0 saturated carbocycles. The smallest absolute Gasteiger partial charge is 0.326 e. The number of thioether (sulfide) groups is 1. The van der Waals surface area contributed by atoms with Crippen molar-refractivity contribution in [1.82, 2.24) is 4.90 Å². The molecule has 0 unspecified atom stereocenters. The monoisotopic (exact) mass is 419 g/mol. The third-order valence-corrected chi connectivity index (χ3v) is 4.90. The maximum atomic E-state index is 12.6. The highest BCUT2D eigenvalue weighted by Crippen LogP contribution is 2.34. The maximum Gasteiger partial charge on any atom is 0.326 e. The van der Waals surface area contributed by atoms with Gasteiger partial charge in [-0.15, -0.1) is 0 Å². The lowest BCUT2D eigenvalue weighted by molar-refractivity contribution is -0.150. The molecule has 0 spiro atoms. The molecule has 156 valence electrons. The maximum absolute atomic E-state index is 12.6. The topological polar surface area (TPSA) is 82.1 Å². The lowest BCUT2D eigenvalue weighted by Crippen LogP contribution is -2.35. The minimum atomic E-state index is -0.606. The first-order valence-electron chi connectivity index (χ1n) is 9.34. The van der Waals surface area contributed by atoms with Crippen LogP contribution in [0.15, 0.2) is 35.8 Å². The van der Waals surface area contributed by atoms with Gasteiger partial charge >= 0.3 is 5.97 Å². The summed E-state index contributed by atoms with van der Waals surface area (Å²) in [6, 6.07) is 5.22. The molecular formula is C21H25NO6S. The highest BCUT2D eigenvalue weighted by Gasteiger charge is 2.36. The van der Waals surface area contributed by atoms with Crippen molar-refractivity contribution in [1.29, 1.82) is 0 Å². The number of carbonyl (C=O) groups excluding carboxylic acids is 3. The van der Waals surface area contributed by atoms with Crippen LogP contribution in [0.2, 0.25) is 0 Å². The summed E-state index contributed by atoms with van der Waals surface area (Å²) in [7, 11) is 0. The van der Waals surface area contributed by atoms with Crippen molar-refractivity contribution in [2.24, 2.45) is 0 Å². The van der Waals surface area contributed by atoms with Gasteiger partial charge in [-0.3, -0.25) is 19.3 Å². The Morgan fingerprint density at radius 1 is 1.24 bits per heavy atom. The number of hydrogen-bond donors (Lipinski definition) is 0. The van der Waals surface area contributed by atoms with Crippen LogP contribution in [-0.4, -0.2) is 47.9 Å². The highest BCUT2D eigenvalue weighted by atomic mass is 32.2. The molecule has 8 heteroatoms. The van der Waals surface area contributed by atoms with Crippen molar-refractivity contribution in [3.05, 3.63) is 41.3 Å². The van der Waals surface area contributed by atoms with Crippen LogP contribution in [0.3, 0.4) is 0 Å². The van der Waals surface area contributed by atoms with Gasteiger partial charge in [0.15, 0.2) is 11.5 Å². The molecule has 1 aromatic carbocycles. The molecule has 7 nitrogen and oxygen atoms in total. The van der Waals surface area contributed by atoms with Crippen LogP contribution < -0.4 is 9.47 Å². The fourth-order valence-corrected chi connectivity index (χ4v) is 3.25. The summed E-state index contributed by atoms with van der Waals surface area (Å²) in [6.45, 7) is 9.49. The van der Waals surface area contributed by atoms with Crippen molar-refractivity contribution in [3.8, 4) is 11.5 Å². The number of esters is 1. The average Bonchev–Trinajstić information content (AvgIpc) is 2.94. The van der Waals surface area contributed by atoms with Crippen molar-refractivity contribution in [3.63, 3.8) is 0 Å². The van der Waals surface area contributed by atoms with Crippen LogP contribution in [0.5, 0.6) is 11.5 Å². The lowest BCUT2D eigenvalue weighted by Gasteiger charge is -2.14. The summed E-state index contributed by atoms with van der Waals surface area (Å²) in [5.74, 6) is -0.0412. The van der Waals surface area contributed by atoms with E-state index in [-0.39, 0.29) is 11.0 Å². The zero-order valence-electron chi connectivity index (χ0n) is 16.8. The second-order valence-electron chi connectivity index (χ2n) is 6.22. The lowest BCUT2D eigenvalue weighted by atomic mass is 10.2. The van der Waals surface area contributed by atoms with E-state index in [4.69, 9.17) is 14.2 Å². The number of imide groups is 1. The molecule has 0 N–H and O–H groups in total. The van der Waals surface area contributed by atoms with E-state index in [1.165, 1.54) is 0 Å². The van der Waals surface area contributed by atoms with E-state index >= 15 is 0 Å². The molecule has 0 bridgehead atoms. The van der Waals surface area contributed by atoms with E-state index in [2.05, 4.69) is 6.58 Å². The third-order valence-electron chi connectivity index (χ3n) is 3.99. The Morgan fingerprint density at radius 3 is 2.66 bits per heavy atom. The molecule has 2 rings (SSSR count). The largest absolute Gasteiger partial charge is 0.490 e. The molecule has 1 aromatic rings. The number of nitrogens with zero attached hydrogens (tertiary/aromatic N) is 1. The number of rotatable bonds is 10. The number of ether oxygens (including phenoxy) is 3. The Hall–Kier alpha value is -2.74. The van der Waals surface area contributed by atoms with E-state index in [0.717, 1.165) is 16.7 Å². The fraction of sp³-hybridized carbons (Fsp3) is 0.381. The quantitative estimate of drug-likeness (QED) is 0.322. The van der Waals surface area contributed by atoms with Crippen LogP contribution in [0.25, 0.3) is 6.08 Å². The summed E-state index contributed by atoms with van der Waals surface area (Å²) in [5, 5.41) is -0.502. The Labute approximate surface area is 174 Å². The summed E-state index contributed by atoms with van der Waals surface area (Å²) < 4.78 is 16.3. The minimum absolute atomic E-state index is 0.230. The van der Waals surface area contributed by atoms with E-state index in [9.17, 15) is 14.4 Å². The minimum Gasteiger partial charge on any atom is -0.490 e. The Morgan fingerprint density at radius 2 is 2.00 bits per heavy atom. The molecule has 1 aliphatic rings. The summed E-state index contributed by atoms with van der Waals surface area (Å²) in [4.78, 5) is 37.8. The number of carbonyl (C=O) groups is 3. The molecule has 1 fully saturated rings. The van der Waals surface area contributed by atoms with Crippen molar-refractivity contribution >= 4 is 35.0 Å². The molecule has 1 aliphatic heterocycles. The second-order valence-corrected chi connectivity index (χ2v) is 7.21. The number of amides is 2. The molecule has 0 radical (unpaired) electrons. The molecule has 2 amide bonds. The van der Waals surface area contributed by atoms with Gasteiger partial charge in [-0.2, -0.15) is 0 Å².